The molecule has 2 saturated heterocycles. The van der Waals surface area contributed by atoms with E-state index in [9.17, 15) is 4.79 Å². The van der Waals surface area contributed by atoms with Crippen LogP contribution in [-0.4, -0.2) is 53.7 Å². The number of aromatic nitrogens is 1. The van der Waals surface area contributed by atoms with Gasteiger partial charge in [-0.1, -0.05) is 11.6 Å². The lowest BCUT2D eigenvalue weighted by Gasteiger charge is -2.33. The summed E-state index contributed by atoms with van der Waals surface area (Å²) in [5.41, 5.74) is 3.56. The number of amides is 1. The molecule has 1 aromatic heterocycles. The normalized spacial score (nSPS) is 26.6. The van der Waals surface area contributed by atoms with Crippen molar-refractivity contribution in [1.29, 1.82) is 0 Å². The lowest BCUT2D eigenvalue weighted by atomic mass is 10.1. The first-order valence-electron chi connectivity index (χ1n) is 9.04. The molecule has 0 spiro atoms. The standard InChI is InChI=1S/C20H25N3O2/c1-12-4-5-19-15(6-12)7-18(14(3)21-19)20(24)22-16-8-17-11-25-13(2)9-23(17)10-16/h4-7,13,16-17H,8-11H2,1-3H3,(H,22,24)/t13-,16+,17+/m1/s1. The van der Waals surface area contributed by atoms with Gasteiger partial charge in [-0.15, -0.1) is 0 Å². The second kappa shape index (κ2) is 6.39. The second-order valence-corrected chi connectivity index (χ2v) is 7.48. The third-order valence-corrected chi connectivity index (χ3v) is 5.33. The van der Waals surface area contributed by atoms with Crippen molar-refractivity contribution in [3.05, 3.63) is 41.1 Å². The zero-order valence-corrected chi connectivity index (χ0v) is 15.1. The van der Waals surface area contributed by atoms with E-state index in [1.807, 2.05) is 25.1 Å². The van der Waals surface area contributed by atoms with Crippen LogP contribution in [0.25, 0.3) is 10.9 Å². The zero-order valence-electron chi connectivity index (χ0n) is 15.1. The molecule has 3 atom stereocenters. The summed E-state index contributed by atoms with van der Waals surface area (Å²) in [5, 5.41) is 4.23. The number of carbonyl (C=O) groups is 1. The number of hydrogen-bond acceptors (Lipinski definition) is 4. The summed E-state index contributed by atoms with van der Waals surface area (Å²) in [7, 11) is 0. The highest BCUT2D eigenvalue weighted by Gasteiger charge is 2.36. The molecule has 132 valence electrons. The Labute approximate surface area is 148 Å². The average Bonchev–Trinajstić information content (AvgIpc) is 2.95. The van der Waals surface area contributed by atoms with E-state index in [1.54, 1.807) is 0 Å². The summed E-state index contributed by atoms with van der Waals surface area (Å²) < 4.78 is 5.74. The number of fused-ring (bicyclic) bond motifs is 2. The third kappa shape index (κ3) is 3.26. The van der Waals surface area contributed by atoms with Gasteiger partial charge < -0.3 is 10.1 Å². The Morgan fingerprint density at radius 2 is 2.12 bits per heavy atom. The molecule has 1 aromatic carbocycles. The SMILES string of the molecule is Cc1ccc2nc(C)c(C(=O)N[C@H]3C[C@H]4CO[C@H](C)CN4C3)cc2c1. The molecule has 0 radical (unpaired) electrons. The molecular weight excluding hydrogens is 314 g/mol. The van der Waals surface area contributed by atoms with Gasteiger partial charge in [-0.05, 0) is 45.4 Å². The number of carbonyl (C=O) groups excluding carboxylic acids is 1. The van der Waals surface area contributed by atoms with Crippen LogP contribution in [0.3, 0.4) is 0 Å². The van der Waals surface area contributed by atoms with Gasteiger partial charge in [-0.2, -0.15) is 0 Å². The molecule has 0 bridgehead atoms. The Morgan fingerprint density at radius 1 is 1.28 bits per heavy atom. The Morgan fingerprint density at radius 3 is 2.96 bits per heavy atom. The molecule has 1 N–H and O–H groups in total. The number of ether oxygens (including phenoxy) is 1. The molecule has 2 fully saturated rings. The van der Waals surface area contributed by atoms with Crippen molar-refractivity contribution in [2.45, 2.75) is 45.4 Å². The molecule has 2 aliphatic rings. The monoisotopic (exact) mass is 339 g/mol. The van der Waals surface area contributed by atoms with Gasteiger partial charge in [0.2, 0.25) is 0 Å². The van der Waals surface area contributed by atoms with Crippen LogP contribution in [0.5, 0.6) is 0 Å². The number of nitrogens with one attached hydrogen (secondary N) is 1. The van der Waals surface area contributed by atoms with E-state index in [4.69, 9.17) is 4.74 Å². The summed E-state index contributed by atoms with van der Waals surface area (Å²) in [5.74, 6) is -0.0211. The summed E-state index contributed by atoms with van der Waals surface area (Å²) in [6, 6.07) is 8.71. The summed E-state index contributed by atoms with van der Waals surface area (Å²) in [6.45, 7) is 8.69. The van der Waals surface area contributed by atoms with E-state index in [-0.39, 0.29) is 18.1 Å². The molecule has 1 amide bonds. The molecule has 2 aliphatic heterocycles. The molecule has 25 heavy (non-hydrogen) atoms. The van der Waals surface area contributed by atoms with Gasteiger partial charge in [-0.3, -0.25) is 14.7 Å². The van der Waals surface area contributed by atoms with Crippen molar-refractivity contribution in [1.82, 2.24) is 15.2 Å². The summed E-state index contributed by atoms with van der Waals surface area (Å²) in [6.07, 6.45) is 1.23. The minimum Gasteiger partial charge on any atom is -0.376 e. The molecule has 2 aromatic rings. The van der Waals surface area contributed by atoms with Crippen LogP contribution in [0.1, 0.15) is 35.0 Å². The fourth-order valence-corrected chi connectivity index (χ4v) is 4.03. The molecule has 0 aliphatic carbocycles. The van der Waals surface area contributed by atoms with E-state index in [2.05, 4.69) is 35.1 Å². The quantitative estimate of drug-likeness (QED) is 0.913. The zero-order chi connectivity index (χ0) is 17.6. The Kier molecular flexibility index (Phi) is 4.21. The number of nitrogens with zero attached hydrogens (tertiary/aromatic N) is 2. The number of morpholine rings is 1. The van der Waals surface area contributed by atoms with Crippen molar-refractivity contribution >= 4 is 16.8 Å². The number of benzene rings is 1. The second-order valence-electron chi connectivity index (χ2n) is 7.48. The minimum atomic E-state index is -0.0211. The summed E-state index contributed by atoms with van der Waals surface area (Å²) in [4.78, 5) is 19.9. The fourth-order valence-electron chi connectivity index (χ4n) is 4.03. The van der Waals surface area contributed by atoms with Gasteiger partial charge in [0.25, 0.3) is 5.91 Å². The number of pyridine rings is 1. The molecule has 5 nitrogen and oxygen atoms in total. The van der Waals surface area contributed by atoms with Gasteiger partial charge in [0.05, 0.1) is 29.5 Å². The topological polar surface area (TPSA) is 54.5 Å². The predicted octanol–water partition coefficient (Wildman–Crippen LogP) is 2.44. The van der Waals surface area contributed by atoms with E-state index in [1.165, 1.54) is 5.56 Å². The van der Waals surface area contributed by atoms with Gasteiger partial charge in [0, 0.05) is 30.6 Å². The number of aryl methyl sites for hydroxylation is 2. The maximum atomic E-state index is 12.8. The first kappa shape index (κ1) is 16.5. The highest BCUT2D eigenvalue weighted by atomic mass is 16.5. The average molecular weight is 339 g/mol. The Bertz CT molecular complexity index is 820. The van der Waals surface area contributed by atoms with Crippen LogP contribution in [-0.2, 0) is 4.74 Å². The molecular formula is C20H25N3O2. The van der Waals surface area contributed by atoms with E-state index in [0.29, 0.717) is 11.6 Å². The smallest absolute Gasteiger partial charge is 0.253 e. The summed E-state index contributed by atoms with van der Waals surface area (Å²) >= 11 is 0. The first-order chi connectivity index (χ1) is 12.0. The molecule has 3 heterocycles. The van der Waals surface area contributed by atoms with Crippen molar-refractivity contribution in [3.8, 4) is 0 Å². The van der Waals surface area contributed by atoms with Crippen LogP contribution >= 0.6 is 0 Å². The van der Waals surface area contributed by atoms with E-state index >= 15 is 0 Å². The van der Waals surface area contributed by atoms with E-state index < -0.39 is 0 Å². The third-order valence-electron chi connectivity index (χ3n) is 5.33. The Balaban J connectivity index is 1.51. The van der Waals surface area contributed by atoms with Crippen molar-refractivity contribution < 1.29 is 9.53 Å². The van der Waals surface area contributed by atoms with Gasteiger partial charge in [-0.25, -0.2) is 0 Å². The predicted molar refractivity (Wildman–Crippen MR) is 97.9 cm³/mol. The van der Waals surface area contributed by atoms with Crippen molar-refractivity contribution in [3.63, 3.8) is 0 Å². The lowest BCUT2D eigenvalue weighted by Crippen LogP contribution is -2.45. The van der Waals surface area contributed by atoms with Crippen molar-refractivity contribution in [2.75, 3.05) is 19.7 Å². The fraction of sp³-hybridized carbons (Fsp3) is 0.500. The molecule has 0 saturated carbocycles. The molecule has 4 rings (SSSR count). The first-order valence-corrected chi connectivity index (χ1v) is 9.04. The van der Waals surface area contributed by atoms with Gasteiger partial charge in [0.15, 0.2) is 0 Å². The van der Waals surface area contributed by atoms with Crippen LogP contribution in [0.4, 0.5) is 0 Å². The van der Waals surface area contributed by atoms with Crippen LogP contribution < -0.4 is 5.32 Å². The maximum Gasteiger partial charge on any atom is 0.253 e. The van der Waals surface area contributed by atoms with Crippen LogP contribution in [0, 0.1) is 13.8 Å². The van der Waals surface area contributed by atoms with E-state index in [0.717, 1.165) is 42.7 Å². The number of hydrogen-bond donors (Lipinski definition) is 1. The van der Waals surface area contributed by atoms with Crippen molar-refractivity contribution in [2.24, 2.45) is 0 Å². The molecule has 5 heteroatoms. The number of rotatable bonds is 2. The van der Waals surface area contributed by atoms with Crippen LogP contribution in [0.15, 0.2) is 24.3 Å². The van der Waals surface area contributed by atoms with Gasteiger partial charge >= 0.3 is 0 Å². The largest absolute Gasteiger partial charge is 0.376 e. The highest BCUT2D eigenvalue weighted by molar-refractivity contribution is 5.98. The highest BCUT2D eigenvalue weighted by Crippen LogP contribution is 2.24. The molecule has 0 unspecified atom stereocenters. The lowest BCUT2D eigenvalue weighted by molar-refractivity contribution is -0.0390. The minimum absolute atomic E-state index is 0.0211. The van der Waals surface area contributed by atoms with Gasteiger partial charge in [0.1, 0.15) is 0 Å². The maximum absolute atomic E-state index is 12.8. The Hall–Kier alpha value is -1.98. The van der Waals surface area contributed by atoms with Crippen LogP contribution in [0.2, 0.25) is 0 Å².